The molecular weight excluding hydrogens is 218 g/mol. The van der Waals surface area contributed by atoms with Crippen LogP contribution < -0.4 is 0 Å². The topological polar surface area (TPSA) is 17.1 Å². The maximum Gasteiger partial charge on any atom is 0.253 e. The molecule has 1 aromatic rings. The number of hydrogen-bond donors (Lipinski definition) is 0. The molecule has 1 nitrogen and oxygen atoms in total. The number of carbonyl (C=O) groups excluding carboxylic acids is 1. The lowest BCUT2D eigenvalue weighted by Gasteiger charge is -1.99. The van der Waals surface area contributed by atoms with Crippen molar-refractivity contribution in [1.29, 1.82) is 0 Å². The summed E-state index contributed by atoms with van der Waals surface area (Å²) < 4.78 is 0. The molecule has 0 spiro atoms. The van der Waals surface area contributed by atoms with Crippen molar-refractivity contribution in [2.24, 2.45) is 0 Å². The van der Waals surface area contributed by atoms with Crippen molar-refractivity contribution >= 4 is 40.0 Å². The molecule has 4 heteroatoms. The Balaban J connectivity index is 3.12. The first kappa shape index (κ1) is 9.85. The Morgan fingerprint density at radius 2 is 2.08 bits per heavy atom. The van der Waals surface area contributed by atoms with Crippen molar-refractivity contribution < 1.29 is 4.79 Å². The van der Waals surface area contributed by atoms with Crippen molar-refractivity contribution in [2.75, 3.05) is 0 Å². The van der Waals surface area contributed by atoms with Gasteiger partial charge in [0.25, 0.3) is 5.24 Å². The van der Waals surface area contributed by atoms with Gasteiger partial charge >= 0.3 is 0 Å². The van der Waals surface area contributed by atoms with Gasteiger partial charge in [-0.15, -0.1) is 11.6 Å². The minimum atomic E-state index is -0.555. The Morgan fingerprint density at radius 3 is 2.50 bits per heavy atom. The van der Waals surface area contributed by atoms with Crippen LogP contribution in [0.15, 0.2) is 18.2 Å². The van der Waals surface area contributed by atoms with Gasteiger partial charge in [-0.1, -0.05) is 17.7 Å². The summed E-state index contributed by atoms with van der Waals surface area (Å²) in [5, 5.41) is -0.214. The molecule has 0 aliphatic carbocycles. The summed E-state index contributed by atoms with van der Waals surface area (Å²) >= 11 is 16.5. The minimum absolute atomic E-state index is 0.312. The first-order valence-corrected chi connectivity index (χ1v) is 4.48. The zero-order chi connectivity index (χ0) is 9.14. The van der Waals surface area contributed by atoms with Gasteiger partial charge in [-0.25, -0.2) is 0 Å². The molecule has 0 radical (unpaired) electrons. The van der Waals surface area contributed by atoms with E-state index in [9.17, 15) is 4.79 Å². The number of hydrogen-bond acceptors (Lipinski definition) is 1. The lowest BCUT2D eigenvalue weighted by atomic mass is 10.2. The Labute approximate surface area is 85.2 Å². The molecule has 0 heterocycles. The summed E-state index contributed by atoms with van der Waals surface area (Å²) in [6, 6.07) is 4.91. The van der Waals surface area contributed by atoms with Crippen molar-refractivity contribution in [3.8, 4) is 0 Å². The molecule has 0 atom stereocenters. The van der Waals surface area contributed by atoms with Crippen LogP contribution in [0, 0.1) is 0 Å². The monoisotopic (exact) mass is 222 g/mol. The van der Waals surface area contributed by atoms with Crippen LogP contribution in [0.2, 0.25) is 5.02 Å². The van der Waals surface area contributed by atoms with E-state index in [1.54, 1.807) is 18.2 Å². The predicted octanol–water partition coefficient (Wildman–Crippen LogP) is 3.46. The largest absolute Gasteiger partial charge is 0.276 e. The third kappa shape index (κ3) is 2.13. The van der Waals surface area contributed by atoms with Gasteiger partial charge < -0.3 is 0 Å². The van der Waals surface area contributed by atoms with E-state index in [2.05, 4.69) is 0 Å². The van der Waals surface area contributed by atoms with E-state index in [1.165, 1.54) is 0 Å². The number of halogens is 3. The average molecular weight is 223 g/mol. The maximum atomic E-state index is 10.7. The van der Waals surface area contributed by atoms with Crippen molar-refractivity contribution in [3.63, 3.8) is 0 Å². The molecule has 0 bridgehead atoms. The molecule has 1 rings (SSSR count). The highest BCUT2D eigenvalue weighted by molar-refractivity contribution is 6.68. The molecule has 64 valence electrons. The highest BCUT2D eigenvalue weighted by Gasteiger charge is 2.06. The lowest BCUT2D eigenvalue weighted by Crippen LogP contribution is -1.90. The fourth-order valence-corrected chi connectivity index (χ4v) is 1.47. The van der Waals surface area contributed by atoms with E-state index >= 15 is 0 Å². The quantitative estimate of drug-likeness (QED) is 0.554. The van der Waals surface area contributed by atoms with Crippen molar-refractivity contribution in [1.82, 2.24) is 0 Å². The van der Waals surface area contributed by atoms with Gasteiger partial charge in [0.2, 0.25) is 0 Å². The minimum Gasteiger partial charge on any atom is -0.276 e. The number of rotatable bonds is 2. The number of benzene rings is 1. The van der Waals surface area contributed by atoms with E-state index < -0.39 is 5.24 Å². The van der Waals surface area contributed by atoms with Crippen LogP contribution >= 0.6 is 34.8 Å². The molecule has 0 saturated heterocycles. The van der Waals surface area contributed by atoms with Crippen LogP contribution in [0.3, 0.4) is 0 Å². The zero-order valence-corrected chi connectivity index (χ0v) is 8.25. The third-order valence-electron chi connectivity index (χ3n) is 1.40. The fourth-order valence-electron chi connectivity index (χ4n) is 0.801. The van der Waals surface area contributed by atoms with Gasteiger partial charge in [0.05, 0.1) is 10.6 Å². The molecule has 0 saturated carbocycles. The van der Waals surface area contributed by atoms with Crippen molar-refractivity contribution in [3.05, 3.63) is 34.3 Å². The van der Waals surface area contributed by atoms with Crippen LogP contribution in [-0.2, 0) is 5.88 Å². The highest BCUT2D eigenvalue weighted by atomic mass is 35.5. The fraction of sp³-hybridized carbons (Fsp3) is 0.125. The normalized spacial score (nSPS) is 9.92. The predicted molar refractivity (Wildman–Crippen MR) is 51.2 cm³/mol. The van der Waals surface area contributed by atoms with Crippen LogP contribution in [0.5, 0.6) is 0 Å². The van der Waals surface area contributed by atoms with Crippen LogP contribution in [0.1, 0.15) is 15.9 Å². The third-order valence-corrected chi connectivity index (χ3v) is 2.22. The first-order valence-electron chi connectivity index (χ1n) is 3.19. The zero-order valence-electron chi connectivity index (χ0n) is 5.98. The highest BCUT2D eigenvalue weighted by Crippen LogP contribution is 2.20. The van der Waals surface area contributed by atoms with Crippen LogP contribution in [-0.4, -0.2) is 5.24 Å². The summed E-state index contributed by atoms with van der Waals surface area (Å²) in [5.74, 6) is 0.372. The standard InChI is InChI=1S/C8H5Cl3O/c9-4-5-1-2-6(8(11)12)7(10)3-5/h1-3H,4H2. The lowest BCUT2D eigenvalue weighted by molar-refractivity contribution is 0.108. The molecule has 0 aromatic heterocycles. The summed E-state index contributed by atoms with van der Waals surface area (Å²) in [6.45, 7) is 0. The Morgan fingerprint density at radius 1 is 1.42 bits per heavy atom. The Bertz CT molecular complexity index is 309. The van der Waals surface area contributed by atoms with Crippen LogP contribution in [0.4, 0.5) is 0 Å². The molecular formula is C8H5Cl3O. The summed E-state index contributed by atoms with van der Waals surface area (Å²) in [4.78, 5) is 10.7. The second kappa shape index (κ2) is 4.13. The summed E-state index contributed by atoms with van der Waals surface area (Å²) in [6.07, 6.45) is 0. The second-order valence-electron chi connectivity index (χ2n) is 2.22. The van der Waals surface area contributed by atoms with Gasteiger partial charge in [0, 0.05) is 5.88 Å². The van der Waals surface area contributed by atoms with Gasteiger partial charge in [0.15, 0.2) is 0 Å². The van der Waals surface area contributed by atoms with E-state index in [1.807, 2.05) is 0 Å². The van der Waals surface area contributed by atoms with E-state index in [0.717, 1.165) is 5.56 Å². The summed E-state index contributed by atoms with van der Waals surface area (Å²) in [5.41, 5.74) is 1.18. The molecule has 0 unspecified atom stereocenters. The molecule has 0 aliphatic rings. The van der Waals surface area contributed by atoms with Gasteiger partial charge in [-0.3, -0.25) is 4.79 Å². The molecule has 0 N–H and O–H groups in total. The SMILES string of the molecule is O=C(Cl)c1ccc(CCl)cc1Cl. The second-order valence-corrected chi connectivity index (χ2v) is 3.24. The average Bonchev–Trinajstić information content (AvgIpc) is 2.03. The first-order chi connectivity index (χ1) is 5.65. The van der Waals surface area contributed by atoms with E-state index in [-0.39, 0.29) is 0 Å². The molecule has 0 fully saturated rings. The van der Waals surface area contributed by atoms with Gasteiger partial charge in [-0.05, 0) is 29.3 Å². The van der Waals surface area contributed by atoms with E-state index in [4.69, 9.17) is 34.8 Å². The summed E-state index contributed by atoms with van der Waals surface area (Å²) in [7, 11) is 0. The van der Waals surface area contributed by atoms with Gasteiger partial charge in [0.1, 0.15) is 0 Å². The smallest absolute Gasteiger partial charge is 0.253 e. The van der Waals surface area contributed by atoms with Crippen molar-refractivity contribution in [2.45, 2.75) is 5.88 Å². The Hall–Kier alpha value is -0.240. The number of carbonyl (C=O) groups is 1. The number of alkyl halides is 1. The molecule has 0 amide bonds. The van der Waals surface area contributed by atoms with Crippen LogP contribution in [0.25, 0.3) is 0 Å². The molecule has 12 heavy (non-hydrogen) atoms. The molecule has 0 aliphatic heterocycles. The Kier molecular flexibility index (Phi) is 3.39. The van der Waals surface area contributed by atoms with Gasteiger partial charge in [-0.2, -0.15) is 0 Å². The van der Waals surface area contributed by atoms with E-state index in [0.29, 0.717) is 16.5 Å². The molecule has 1 aromatic carbocycles. The maximum absolute atomic E-state index is 10.7.